The Labute approximate surface area is 246 Å². The predicted molar refractivity (Wildman–Crippen MR) is 160 cm³/mol. The number of para-hydroxylation sites is 1. The van der Waals surface area contributed by atoms with E-state index in [1.54, 1.807) is 24.0 Å². The van der Waals surface area contributed by atoms with E-state index in [0.29, 0.717) is 17.2 Å². The molecule has 3 aromatic rings. The van der Waals surface area contributed by atoms with E-state index in [0.717, 1.165) is 28.7 Å². The van der Waals surface area contributed by atoms with Crippen molar-refractivity contribution in [2.24, 2.45) is 0 Å². The van der Waals surface area contributed by atoms with Gasteiger partial charge in [-0.1, -0.05) is 23.5 Å². The lowest BCUT2D eigenvalue weighted by Gasteiger charge is -2.33. The number of halogens is 1. The summed E-state index contributed by atoms with van der Waals surface area (Å²) in [5.41, 5.74) is 2.32. The molecule has 0 bridgehead atoms. The second-order valence-corrected chi connectivity index (χ2v) is 12.6. The van der Waals surface area contributed by atoms with Crippen molar-refractivity contribution in [1.29, 1.82) is 0 Å². The minimum absolute atomic E-state index is 0. The average molecular weight is 610 g/mol. The van der Waals surface area contributed by atoms with Crippen molar-refractivity contribution < 1.29 is 22.7 Å². The molecule has 10 nitrogen and oxygen atoms in total. The van der Waals surface area contributed by atoms with Gasteiger partial charge >= 0.3 is 6.09 Å². The molecule has 0 aliphatic carbocycles. The molecule has 2 aromatic carbocycles. The molecule has 2 heterocycles. The molecule has 1 fully saturated rings. The molecule has 0 N–H and O–H groups in total. The van der Waals surface area contributed by atoms with E-state index in [4.69, 9.17) is 9.72 Å². The van der Waals surface area contributed by atoms with Crippen LogP contribution in [0, 0.1) is 6.92 Å². The van der Waals surface area contributed by atoms with Crippen LogP contribution in [0.4, 0.5) is 9.93 Å². The highest BCUT2D eigenvalue weighted by atomic mass is 35.5. The van der Waals surface area contributed by atoms with Gasteiger partial charge in [0.05, 0.1) is 21.7 Å². The number of aryl methyl sites for hydroxylation is 1. The summed E-state index contributed by atoms with van der Waals surface area (Å²) in [6.07, 6.45) is 0.327. The summed E-state index contributed by atoms with van der Waals surface area (Å²) in [5.74, 6) is -0.225. The van der Waals surface area contributed by atoms with Crippen molar-refractivity contribution in [3.63, 3.8) is 0 Å². The maximum Gasteiger partial charge on any atom is 0.409 e. The van der Waals surface area contributed by atoms with Gasteiger partial charge < -0.3 is 14.5 Å². The number of ether oxygens (including phenoxy) is 1. The fraction of sp³-hybridized carbons (Fsp3) is 0.444. The molecule has 218 valence electrons. The van der Waals surface area contributed by atoms with E-state index >= 15 is 0 Å². The summed E-state index contributed by atoms with van der Waals surface area (Å²) in [5, 5.41) is 0.624. The smallest absolute Gasteiger partial charge is 0.409 e. The molecule has 0 radical (unpaired) electrons. The van der Waals surface area contributed by atoms with Gasteiger partial charge in [0.1, 0.15) is 0 Å². The minimum atomic E-state index is -3.77. The first kappa shape index (κ1) is 31.8. The highest BCUT2D eigenvalue weighted by Crippen LogP contribution is 2.32. The number of benzene rings is 2. The highest BCUT2D eigenvalue weighted by Gasteiger charge is 2.31. The number of hydrogen-bond donors (Lipinski definition) is 0. The van der Waals surface area contributed by atoms with Gasteiger partial charge in [-0.25, -0.2) is 18.2 Å². The average Bonchev–Trinajstić information content (AvgIpc) is 3.36. The Morgan fingerprint density at radius 1 is 1.02 bits per heavy atom. The number of rotatable bonds is 9. The summed E-state index contributed by atoms with van der Waals surface area (Å²) in [6.45, 7) is 6.19. The third-order valence-electron chi connectivity index (χ3n) is 6.58. The van der Waals surface area contributed by atoms with Gasteiger partial charge in [-0.3, -0.25) is 9.69 Å². The summed E-state index contributed by atoms with van der Waals surface area (Å²) in [4.78, 5) is 35.8. The number of nitrogens with zero attached hydrogens (tertiary/aromatic N) is 5. The number of anilines is 1. The lowest BCUT2D eigenvalue weighted by molar-refractivity contribution is 0.0933. The first-order valence-corrected chi connectivity index (χ1v) is 15.2. The van der Waals surface area contributed by atoms with Gasteiger partial charge in [0.15, 0.2) is 5.13 Å². The molecular formula is C27H36ClN5O5S2. The van der Waals surface area contributed by atoms with E-state index in [1.807, 2.05) is 39.2 Å². The van der Waals surface area contributed by atoms with Crippen molar-refractivity contribution >= 4 is 61.1 Å². The maximum atomic E-state index is 13.7. The molecule has 1 aromatic heterocycles. The number of carbonyl (C=O) groups excluding carboxylic acids is 2. The Morgan fingerprint density at radius 3 is 2.30 bits per heavy atom. The number of amides is 2. The Bertz CT molecular complexity index is 1420. The standard InChI is InChI=1S/C27H35N5O5S2.ClH/c1-5-37-27(34)30-16-18-31(19-17-30)39(35,36)22-12-10-21(11-13-22)25(33)32(15-7-14-29(3)4)26-28-24-20(2)8-6-9-23(24)38-26;/h6,8-13H,5,7,14-19H2,1-4H3;1H. The monoisotopic (exact) mass is 609 g/mol. The van der Waals surface area contributed by atoms with E-state index in [1.165, 1.54) is 32.7 Å². The van der Waals surface area contributed by atoms with Crippen molar-refractivity contribution in [1.82, 2.24) is 19.1 Å². The van der Waals surface area contributed by atoms with Crippen LogP contribution in [0.15, 0.2) is 47.4 Å². The number of carbonyl (C=O) groups is 2. The Morgan fingerprint density at radius 2 is 1.70 bits per heavy atom. The van der Waals surface area contributed by atoms with Gasteiger partial charge in [0.25, 0.3) is 5.91 Å². The molecule has 0 unspecified atom stereocenters. The first-order chi connectivity index (χ1) is 18.6. The summed E-state index contributed by atoms with van der Waals surface area (Å²) < 4.78 is 33.9. The third kappa shape index (κ3) is 7.10. The second kappa shape index (κ2) is 13.7. The minimum Gasteiger partial charge on any atom is -0.450 e. The highest BCUT2D eigenvalue weighted by molar-refractivity contribution is 7.89. The SMILES string of the molecule is CCOC(=O)N1CCN(S(=O)(=O)c2ccc(C(=O)N(CCCN(C)C)c3nc4c(C)cccc4s3)cc2)CC1.Cl. The Balaban J connectivity index is 0.00000441. The Kier molecular flexibility index (Phi) is 10.9. The van der Waals surface area contributed by atoms with Crippen molar-refractivity contribution in [3.05, 3.63) is 53.6 Å². The van der Waals surface area contributed by atoms with Gasteiger partial charge in [-0.2, -0.15) is 4.31 Å². The number of thiazole rings is 1. The summed E-state index contributed by atoms with van der Waals surface area (Å²) in [7, 11) is 0.208. The van der Waals surface area contributed by atoms with E-state index in [-0.39, 0.29) is 56.0 Å². The number of fused-ring (bicyclic) bond motifs is 1. The van der Waals surface area contributed by atoms with Gasteiger partial charge in [0, 0.05) is 38.3 Å². The molecule has 2 amide bonds. The molecule has 13 heteroatoms. The van der Waals surface area contributed by atoms with Crippen molar-refractivity contribution in [2.75, 3.05) is 64.9 Å². The molecule has 0 spiro atoms. The third-order valence-corrected chi connectivity index (χ3v) is 9.53. The van der Waals surface area contributed by atoms with E-state index in [9.17, 15) is 18.0 Å². The van der Waals surface area contributed by atoms with Crippen LogP contribution in [-0.4, -0.2) is 99.5 Å². The molecule has 1 saturated heterocycles. The fourth-order valence-electron chi connectivity index (χ4n) is 4.42. The van der Waals surface area contributed by atoms with Crippen molar-refractivity contribution in [2.45, 2.75) is 25.2 Å². The quantitative estimate of drug-likeness (QED) is 0.360. The van der Waals surface area contributed by atoms with Crippen LogP contribution in [0.5, 0.6) is 0 Å². The van der Waals surface area contributed by atoms with Gasteiger partial charge in [-0.15, -0.1) is 12.4 Å². The molecule has 40 heavy (non-hydrogen) atoms. The molecule has 1 aliphatic heterocycles. The van der Waals surface area contributed by atoms with Crippen LogP contribution in [0.25, 0.3) is 10.2 Å². The van der Waals surface area contributed by atoms with Crippen molar-refractivity contribution in [3.8, 4) is 0 Å². The lowest BCUT2D eigenvalue weighted by Crippen LogP contribution is -2.50. The number of aromatic nitrogens is 1. The molecule has 0 saturated carbocycles. The Hall–Kier alpha value is -2.77. The molecule has 0 atom stereocenters. The number of sulfonamides is 1. The van der Waals surface area contributed by atoms with Crippen LogP contribution in [0.2, 0.25) is 0 Å². The van der Waals surface area contributed by atoms with Crippen LogP contribution >= 0.6 is 23.7 Å². The largest absolute Gasteiger partial charge is 0.450 e. The van der Waals surface area contributed by atoms with Crippen LogP contribution < -0.4 is 4.90 Å². The molecule has 1 aliphatic rings. The zero-order chi connectivity index (χ0) is 28.2. The first-order valence-electron chi connectivity index (χ1n) is 13.0. The van der Waals surface area contributed by atoms with E-state index < -0.39 is 16.1 Å². The topological polar surface area (TPSA) is 103 Å². The molecule has 4 rings (SSSR count). The molecular weight excluding hydrogens is 574 g/mol. The van der Waals surface area contributed by atoms with Gasteiger partial charge in [-0.05, 0) is 76.8 Å². The lowest BCUT2D eigenvalue weighted by atomic mass is 10.2. The maximum absolute atomic E-state index is 13.7. The van der Waals surface area contributed by atoms with Crippen LogP contribution in [0.3, 0.4) is 0 Å². The van der Waals surface area contributed by atoms with Gasteiger partial charge in [0.2, 0.25) is 10.0 Å². The predicted octanol–water partition coefficient (Wildman–Crippen LogP) is 4.09. The van der Waals surface area contributed by atoms with Crippen LogP contribution in [-0.2, 0) is 14.8 Å². The zero-order valence-corrected chi connectivity index (χ0v) is 25.6. The normalized spacial score (nSPS) is 14.3. The summed E-state index contributed by atoms with van der Waals surface area (Å²) in [6, 6.07) is 12.0. The van der Waals surface area contributed by atoms with Crippen LogP contribution in [0.1, 0.15) is 29.3 Å². The number of piperazine rings is 1. The zero-order valence-electron chi connectivity index (χ0n) is 23.2. The second-order valence-electron chi connectivity index (χ2n) is 9.65. The summed E-state index contributed by atoms with van der Waals surface area (Å²) >= 11 is 1.47. The fourth-order valence-corrected chi connectivity index (χ4v) is 6.91. The number of hydrogen-bond acceptors (Lipinski definition) is 8. The van der Waals surface area contributed by atoms with E-state index in [2.05, 4.69) is 4.90 Å².